The molecule has 3 heterocycles. The van der Waals surface area contributed by atoms with Crippen LogP contribution in [0.5, 0.6) is 0 Å². The van der Waals surface area contributed by atoms with Crippen molar-refractivity contribution in [3.8, 4) is 11.3 Å². The van der Waals surface area contributed by atoms with E-state index in [-0.39, 0.29) is 5.82 Å². The number of aromatic nitrogens is 4. The molecule has 1 aliphatic heterocycles. The van der Waals surface area contributed by atoms with Gasteiger partial charge in [-0.2, -0.15) is 0 Å². The fourth-order valence-corrected chi connectivity index (χ4v) is 3.15. The van der Waals surface area contributed by atoms with E-state index in [4.69, 9.17) is 12.2 Å². The number of rotatable bonds is 3. The van der Waals surface area contributed by atoms with Crippen molar-refractivity contribution >= 4 is 12.2 Å². The van der Waals surface area contributed by atoms with Gasteiger partial charge in [0.2, 0.25) is 0 Å². The van der Waals surface area contributed by atoms with Crippen molar-refractivity contribution in [2.45, 2.75) is 19.5 Å². The van der Waals surface area contributed by atoms with Crippen molar-refractivity contribution in [3.05, 3.63) is 64.3 Å². The third-order valence-corrected chi connectivity index (χ3v) is 4.42. The number of aromatic amines is 2. The first kappa shape index (κ1) is 15.2. The third-order valence-electron chi connectivity index (χ3n) is 4.21. The van der Waals surface area contributed by atoms with Crippen LogP contribution in [-0.2, 0) is 19.5 Å². The first-order chi connectivity index (χ1) is 11.7. The summed E-state index contributed by atoms with van der Waals surface area (Å²) < 4.78 is 13.6. The standard InChI is InChI=1S/C17H16FN5S/c18-13-3-1-11(2-4-13)15-8-19-16(21-15)10-23-6-5-14-12(9-23)7-20-17(24)22-14/h1-4,7-8H,5-6,9-10H2,(H,19,21)(H,20,22,24). The lowest BCUT2D eigenvalue weighted by Crippen LogP contribution is -2.31. The molecule has 0 aliphatic carbocycles. The zero-order valence-corrected chi connectivity index (χ0v) is 13.7. The molecule has 0 amide bonds. The maximum absolute atomic E-state index is 13.0. The summed E-state index contributed by atoms with van der Waals surface area (Å²) in [5, 5.41) is 0. The van der Waals surface area contributed by atoms with E-state index in [1.165, 1.54) is 23.4 Å². The van der Waals surface area contributed by atoms with Crippen molar-refractivity contribution in [2.75, 3.05) is 6.54 Å². The number of H-pyrrole nitrogens is 2. The van der Waals surface area contributed by atoms with Crippen LogP contribution < -0.4 is 0 Å². The number of imidazole rings is 1. The van der Waals surface area contributed by atoms with E-state index < -0.39 is 0 Å². The number of nitrogens with zero attached hydrogens (tertiary/aromatic N) is 3. The molecule has 0 spiro atoms. The lowest BCUT2D eigenvalue weighted by Gasteiger charge is -2.27. The highest BCUT2D eigenvalue weighted by molar-refractivity contribution is 7.71. The first-order valence-electron chi connectivity index (χ1n) is 7.76. The van der Waals surface area contributed by atoms with Gasteiger partial charge in [0.05, 0.1) is 18.4 Å². The van der Waals surface area contributed by atoms with Gasteiger partial charge in [0.1, 0.15) is 11.6 Å². The average molecular weight is 341 g/mol. The maximum Gasteiger partial charge on any atom is 0.196 e. The van der Waals surface area contributed by atoms with Gasteiger partial charge in [-0.25, -0.2) is 14.4 Å². The molecule has 24 heavy (non-hydrogen) atoms. The molecule has 2 aromatic heterocycles. The van der Waals surface area contributed by atoms with Gasteiger partial charge >= 0.3 is 0 Å². The molecular formula is C17H16FN5S. The molecule has 7 heteroatoms. The number of hydrogen-bond acceptors (Lipinski definition) is 4. The van der Waals surface area contributed by atoms with Crippen molar-refractivity contribution in [2.24, 2.45) is 0 Å². The predicted octanol–water partition coefficient (Wildman–Crippen LogP) is 3.23. The van der Waals surface area contributed by atoms with Crippen LogP contribution in [0.15, 0.2) is 36.7 Å². The van der Waals surface area contributed by atoms with Crippen molar-refractivity contribution < 1.29 is 4.39 Å². The highest BCUT2D eigenvalue weighted by Crippen LogP contribution is 2.20. The minimum atomic E-state index is -0.238. The Bertz CT molecular complexity index is 915. The van der Waals surface area contributed by atoms with E-state index in [0.29, 0.717) is 4.77 Å². The van der Waals surface area contributed by atoms with Gasteiger partial charge in [0, 0.05) is 37.0 Å². The SMILES string of the molecule is Fc1ccc(-c2cnc(CN3CCc4[nH]c(=S)ncc4C3)[nH]2)cc1. The molecule has 0 radical (unpaired) electrons. The Morgan fingerprint density at radius 2 is 1.96 bits per heavy atom. The molecule has 0 saturated carbocycles. The number of hydrogen-bond donors (Lipinski definition) is 2. The van der Waals surface area contributed by atoms with E-state index in [9.17, 15) is 4.39 Å². The van der Waals surface area contributed by atoms with Gasteiger partial charge in [-0.1, -0.05) is 0 Å². The van der Waals surface area contributed by atoms with Crippen LogP contribution in [0.2, 0.25) is 0 Å². The summed E-state index contributed by atoms with van der Waals surface area (Å²) in [5.74, 6) is 0.660. The molecule has 1 aromatic carbocycles. The van der Waals surface area contributed by atoms with Crippen LogP contribution in [0.25, 0.3) is 11.3 Å². The third kappa shape index (κ3) is 3.13. The highest BCUT2D eigenvalue weighted by Gasteiger charge is 2.18. The summed E-state index contributed by atoms with van der Waals surface area (Å²) in [6.07, 6.45) is 4.57. The summed E-state index contributed by atoms with van der Waals surface area (Å²) in [5.41, 5.74) is 4.18. The topological polar surface area (TPSA) is 60.6 Å². The highest BCUT2D eigenvalue weighted by atomic mass is 32.1. The molecule has 0 atom stereocenters. The summed E-state index contributed by atoms with van der Waals surface area (Å²) >= 11 is 5.07. The molecule has 4 rings (SSSR count). The normalized spacial score (nSPS) is 14.5. The number of halogens is 1. The fourth-order valence-electron chi connectivity index (χ4n) is 2.97. The van der Waals surface area contributed by atoms with Crippen LogP contribution in [-0.4, -0.2) is 31.4 Å². The first-order valence-corrected chi connectivity index (χ1v) is 8.17. The quantitative estimate of drug-likeness (QED) is 0.718. The second kappa shape index (κ2) is 6.26. The zero-order valence-electron chi connectivity index (χ0n) is 12.9. The molecule has 0 unspecified atom stereocenters. The number of benzene rings is 1. The molecule has 0 fully saturated rings. The second-order valence-corrected chi connectivity index (χ2v) is 6.29. The van der Waals surface area contributed by atoms with Crippen molar-refractivity contribution in [1.82, 2.24) is 24.8 Å². The zero-order chi connectivity index (χ0) is 16.5. The second-order valence-electron chi connectivity index (χ2n) is 5.90. The van der Waals surface area contributed by atoms with E-state index in [2.05, 4.69) is 24.8 Å². The number of fused-ring (bicyclic) bond motifs is 1. The Balaban J connectivity index is 1.48. The Labute approximate surface area is 143 Å². The number of nitrogens with one attached hydrogen (secondary N) is 2. The lowest BCUT2D eigenvalue weighted by atomic mass is 10.1. The lowest BCUT2D eigenvalue weighted by molar-refractivity contribution is 0.237. The van der Waals surface area contributed by atoms with E-state index in [0.717, 1.165) is 43.1 Å². The van der Waals surface area contributed by atoms with Crippen molar-refractivity contribution in [3.63, 3.8) is 0 Å². The van der Waals surface area contributed by atoms with E-state index >= 15 is 0 Å². The van der Waals surface area contributed by atoms with Crippen LogP contribution in [0.4, 0.5) is 4.39 Å². The van der Waals surface area contributed by atoms with E-state index in [1.54, 1.807) is 18.3 Å². The molecule has 5 nitrogen and oxygen atoms in total. The van der Waals surface area contributed by atoms with Crippen LogP contribution in [0.1, 0.15) is 17.1 Å². The summed E-state index contributed by atoms with van der Waals surface area (Å²) in [6, 6.07) is 6.40. The molecule has 3 aromatic rings. The minimum absolute atomic E-state index is 0.238. The van der Waals surface area contributed by atoms with Crippen LogP contribution >= 0.6 is 12.2 Å². The molecule has 0 bridgehead atoms. The average Bonchev–Trinajstić information content (AvgIpc) is 3.04. The smallest absolute Gasteiger partial charge is 0.196 e. The van der Waals surface area contributed by atoms with Gasteiger partial charge in [0.25, 0.3) is 0 Å². The summed E-state index contributed by atoms with van der Waals surface area (Å²) in [7, 11) is 0. The Morgan fingerprint density at radius 1 is 1.12 bits per heavy atom. The van der Waals surface area contributed by atoms with Crippen LogP contribution in [0.3, 0.4) is 0 Å². The molecular weight excluding hydrogens is 325 g/mol. The minimum Gasteiger partial charge on any atom is -0.341 e. The molecule has 0 saturated heterocycles. The van der Waals surface area contributed by atoms with Gasteiger partial charge < -0.3 is 9.97 Å². The Hall–Kier alpha value is -2.38. The van der Waals surface area contributed by atoms with E-state index in [1.807, 2.05) is 6.20 Å². The summed E-state index contributed by atoms with van der Waals surface area (Å²) in [6.45, 7) is 2.49. The predicted molar refractivity (Wildman–Crippen MR) is 91.2 cm³/mol. The van der Waals surface area contributed by atoms with Gasteiger partial charge in [0.15, 0.2) is 4.77 Å². The summed E-state index contributed by atoms with van der Waals surface area (Å²) in [4.78, 5) is 17.4. The maximum atomic E-state index is 13.0. The van der Waals surface area contributed by atoms with Crippen molar-refractivity contribution in [1.29, 1.82) is 0 Å². The molecule has 122 valence electrons. The van der Waals surface area contributed by atoms with Gasteiger partial charge in [-0.05, 0) is 42.0 Å². The Morgan fingerprint density at radius 3 is 2.79 bits per heavy atom. The monoisotopic (exact) mass is 341 g/mol. The van der Waals surface area contributed by atoms with Crippen LogP contribution in [0, 0.1) is 10.6 Å². The largest absolute Gasteiger partial charge is 0.341 e. The fraction of sp³-hybridized carbons (Fsp3) is 0.235. The molecule has 2 N–H and O–H groups in total. The Kier molecular flexibility index (Phi) is 3.95. The van der Waals surface area contributed by atoms with Gasteiger partial charge in [-0.15, -0.1) is 0 Å². The van der Waals surface area contributed by atoms with Gasteiger partial charge in [-0.3, -0.25) is 4.90 Å². The molecule has 1 aliphatic rings.